The molecule has 104 valence electrons. The van der Waals surface area contributed by atoms with Crippen LogP contribution in [-0.2, 0) is 14.4 Å². The second kappa shape index (κ2) is 4.92. The fourth-order valence-electron chi connectivity index (χ4n) is 3.52. The van der Waals surface area contributed by atoms with E-state index in [0.717, 1.165) is 12.8 Å². The average molecular weight is 265 g/mol. The SMILES string of the molecule is O=C1CN(C(=O)C2CC3CCCCC3N2)CC(=O)N1. The Bertz CT molecular complexity index is 393. The van der Waals surface area contributed by atoms with Crippen LogP contribution in [-0.4, -0.2) is 47.8 Å². The first kappa shape index (κ1) is 12.6. The first-order valence-corrected chi connectivity index (χ1v) is 7.01. The van der Waals surface area contributed by atoms with Crippen LogP contribution in [0.2, 0.25) is 0 Å². The summed E-state index contributed by atoms with van der Waals surface area (Å²) < 4.78 is 0. The van der Waals surface area contributed by atoms with E-state index in [9.17, 15) is 14.4 Å². The van der Waals surface area contributed by atoms with E-state index in [4.69, 9.17) is 0 Å². The summed E-state index contributed by atoms with van der Waals surface area (Å²) in [4.78, 5) is 36.4. The number of carbonyl (C=O) groups excluding carboxylic acids is 3. The van der Waals surface area contributed by atoms with Crippen LogP contribution in [0, 0.1) is 5.92 Å². The lowest BCUT2D eigenvalue weighted by atomic mass is 9.85. The van der Waals surface area contributed by atoms with Gasteiger partial charge in [-0.15, -0.1) is 0 Å². The summed E-state index contributed by atoms with van der Waals surface area (Å²) in [7, 11) is 0. The Labute approximate surface area is 111 Å². The quantitative estimate of drug-likeness (QED) is 0.620. The number of fused-ring (bicyclic) bond motifs is 1. The lowest BCUT2D eigenvalue weighted by Gasteiger charge is -2.28. The Balaban J connectivity index is 1.64. The van der Waals surface area contributed by atoms with Gasteiger partial charge in [0, 0.05) is 6.04 Å². The molecule has 0 radical (unpaired) electrons. The molecule has 2 N–H and O–H groups in total. The molecule has 19 heavy (non-hydrogen) atoms. The molecule has 0 aromatic heterocycles. The van der Waals surface area contributed by atoms with Crippen LogP contribution in [0.15, 0.2) is 0 Å². The zero-order valence-electron chi connectivity index (χ0n) is 10.9. The van der Waals surface area contributed by atoms with Gasteiger partial charge in [-0.2, -0.15) is 0 Å². The van der Waals surface area contributed by atoms with Crippen LogP contribution in [0.1, 0.15) is 32.1 Å². The number of imide groups is 1. The van der Waals surface area contributed by atoms with E-state index in [-0.39, 0.29) is 36.9 Å². The van der Waals surface area contributed by atoms with Crippen LogP contribution < -0.4 is 10.6 Å². The van der Waals surface area contributed by atoms with Gasteiger partial charge >= 0.3 is 0 Å². The Morgan fingerprint density at radius 1 is 1.11 bits per heavy atom. The van der Waals surface area contributed by atoms with Crippen molar-refractivity contribution in [1.82, 2.24) is 15.5 Å². The van der Waals surface area contributed by atoms with Crippen molar-refractivity contribution in [2.24, 2.45) is 5.92 Å². The van der Waals surface area contributed by atoms with Gasteiger partial charge in [0.15, 0.2) is 0 Å². The minimum absolute atomic E-state index is 0.00190. The van der Waals surface area contributed by atoms with Gasteiger partial charge < -0.3 is 10.2 Å². The third-order valence-electron chi connectivity index (χ3n) is 4.42. The Morgan fingerprint density at radius 2 is 1.79 bits per heavy atom. The Kier molecular flexibility index (Phi) is 3.26. The van der Waals surface area contributed by atoms with Gasteiger partial charge in [0.25, 0.3) is 0 Å². The number of hydrogen-bond donors (Lipinski definition) is 2. The van der Waals surface area contributed by atoms with E-state index in [2.05, 4.69) is 10.6 Å². The first-order chi connectivity index (χ1) is 9.13. The summed E-state index contributed by atoms with van der Waals surface area (Å²) in [5, 5.41) is 5.60. The number of rotatable bonds is 1. The monoisotopic (exact) mass is 265 g/mol. The van der Waals surface area contributed by atoms with E-state index >= 15 is 0 Å². The molecule has 2 heterocycles. The van der Waals surface area contributed by atoms with Crippen molar-refractivity contribution < 1.29 is 14.4 Å². The fourth-order valence-corrected chi connectivity index (χ4v) is 3.52. The second-order valence-electron chi connectivity index (χ2n) is 5.77. The fraction of sp³-hybridized carbons (Fsp3) is 0.769. The van der Waals surface area contributed by atoms with Crippen LogP contribution in [0.5, 0.6) is 0 Å². The number of hydrogen-bond acceptors (Lipinski definition) is 4. The summed E-state index contributed by atoms with van der Waals surface area (Å²) in [5.41, 5.74) is 0. The van der Waals surface area contributed by atoms with E-state index < -0.39 is 0 Å². The summed E-state index contributed by atoms with van der Waals surface area (Å²) in [5.74, 6) is -0.297. The van der Waals surface area contributed by atoms with E-state index in [1.807, 2.05) is 0 Å². The zero-order valence-corrected chi connectivity index (χ0v) is 10.9. The predicted molar refractivity (Wildman–Crippen MR) is 67.0 cm³/mol. The maximum absolute atomic E-state index is 12.4. The highest BCUT2D eigenvalue weighted by Crippen LogP contribution is 2.33. The lowest BCUT2D eigenvalue weighted by molar-refractivity contribution is -0.146. The maximum atomic E-state index is 12.4. The molecule has 0 bridgehead atoms. The van der Waals surface area contributed by atoms with Gasteiger partial charge in [0.05, 0.1) is 6.04 Å². The molecule has 3 amide bonds. The summed E-state index contributed by atoms with van der Waals surface area (Å²) >= 11 is 0. The minimum Gasteiger partial charge on any atom is -0.323 e. The summed E-state index contributed by atoms with van der Waals surface area (Å²) in [6.45, 7) is -0.00380. The van der Waals surface area contributed by atoms with Crippen LogP contribution in [0.25, 0.3) is 0 Å². The maximum Gasteiger partial charge on any atom is 0.246 e. The molecule has 3 rings (SSSR count). The third-order valence-corrected chi connectivity index (χ3v) is 4.42. The van der Waals surface area contributed by atoms with Gasteiger partial charge in [-0.05, 0) is 25.2 Å². The van der Waals surface area contributed by atoms with E-state index in [0.29, 0.717) is 12.0 Å². The highest BCUT2D eigenvalue weighted by Gasteiger charge is 2.40. The highest BCUT2D eigenvalue weighted by molar-refractivity contribution is 6.03. The molecule has 2 saturated heterocycles. The third kappa shape index (κ3) is 2.49. The van der Waals surface area contributed by atoms with Crippen molar-refractivity contribution in [2.45, 2.75) is 44.2 Å². The zero-order chi connectivity index (χ0) is 13.4. The highest BCUT2D eigenvalue weighted by atomic mass is 16.2. The van der Waals surface area contributed by atoms with E-state index in [1.165, 1.54) is 24.2 Å². The Hall–Kier alpha value is -1.43. The van der Waals surface area contributed by atoms with Gasteiger partial charge in [0.2, 0.25) is 17.7 Å². The number of nitrogens with one attached hydrogen (secondary N) is 2. The normalized spacial score (nSPS) is 34.9. The lowest BCUT2D eigenvalue weighted by Crippen LogP contribution is -2.56. The molecule has 3 unspecified atom stereocenters. The summed E-state index contributed by atoms with van der Waals surface area (Å²) in [6, 6.07) is 0.226. The molecule has 3 atom stereocenters. The smallest absolute Gasteiger partial charge is 0.246 e. The van der Waals surface area contributed by atoms with Crippen molar-refractivity contribution in [1.29, 1.82) is 0 Å². The van der Waals surface area contributed by atoms with Crippen molar-refractivity contribution in [3.63, 3.8) is 0 Å². The largest absolute Gasteiger partial charge is 0.323 e. The van der Waals surface area contributed by atoms with Crippen LogP contribution in [0.4, 0.5) is 0 Å². The molecule has 0 aromatic rings. The first-order valence-electron chi connectivity index (χ1n) is 7.01. The number of piperazine rings is 1. The van der Waals surface area contributed by atoms with Crippen LogP contribution >= 0.6 is 0 Å². The molecule has 3 aliphatic rings. The minimum atomic E-state index is -0.389. The average Bonchev–Trinajstić information content (AvgIpc) is 2.80. The number of nitrogens with zero attached hydrogens (tertiary/aromatic N) is 1. The molecule has 0 spiro atoms. The van der Waals surface area contributed by atoms with Crippen molar-refractivity contribution >= 4 is 17.7 Å². The molecule has 1 aliphatic carbocycles. The molecule has 2 aliphatic heterocycles. The van der Waals surface area contributed by atoms with E-state index in [1.54, 1.807) is 0 Å². The van der Waals surface area contributed by atoms with Gasteiger partial charge in [-0.1, -0.05) is 12.8 Å². The molecule has 3 fully saturated rings. The van der Waals surface area contributed by atoms with Crippen molar-refractivity contribution in [3.8, 4) is 0 Å². The van der Waals surface area contributed by atoms with Gasteiger partial charge in [-0.25, -0.2) is 0 Å². The Morgan fingerprint density at radius 3 is 2.47 bits per heavy atom. The summed E-state index contributed by atoms with van der Waals surface area (Å²) in [6.07, 6.45) is 5.62. The second-order valence-corrected chi connectivity index (χ2v) is 5.77. The van der Waals surface area contributed by atoms with Gasteiger partial charge in [0.1, 0.15) is 13.1 Å². The number of carbonyl (C=O) groups is 3. The van der Waals surface area contributed by atoms with Crippen molar-refractivity contribution in [3.05, 3.63) is 0 Å². The predicted octanol–water partition coefficient (Wildman–Crippen LogP) is -0.608. The van der Waals surface area contributed by atoms with Crippen molar-refractivity contribution in [2.75, 3.05) is 13.1 Å². The van der Waals surface area contributed by atoms with Gasteiger partial charge in [-0.3, -0.25) is 19.7 Å². The molecule has 6 heteroatoms. The molecular weight excluding hydrogens is 246 g/mol. The molecule has 6 nitrogen and oxygen atoms in total. The van der Waals surface area contributed by atoms with Crippen LogP contribution in [0.3, 0.4) is 0 Å². The molecule has 0 aromatic carbocycles. The topological polar surface area (TPSA) is 78.5 Å². The molecule has 1 saturated carbocycles. The standard InChI is InChI=1S/C13H19N3O3/c17-11-6-16(7-12(18)15-11)13(19)10-5-8-3-1-2-4-9(8)14-10/h8-10,14H,1-7H2,(H,15,17,18). The number of amides is 3. The molecular formula is C13H19N3O3.